The molecule has 2 N–H and O–H groups in total. The second-order valence-electron chi connectivity index (χ2n) is 7.28. The standard InChI is InChI=1S/C20H34N4O5/c1-27-12-6-10-21-19(25)17-15-29-18(23-17)14-24(11-7-13-28-2)20(26)22-16-8-4-3-5-9-16/h15-16H,3-14H2,1-2H3,(H,21,25)(H,22,26). The SMILES string of the molecule is COCCCNC(=O)c1coc(CN(CCCOC)C(=O)NC2CCCCC2)n1. The Kier molecular flexibility index (Phi) is 10.5. The van der Waals surface area contributed by atoms with Crippen LogP contribution in [0.3, 0.4) is 0 Å². The summed E-state index contributed by atoms with van der Waals surface area (Å²) in [5.74, 6) is 0.0388. The van der Waals surface area contributed by atoms with Crippen molar-refractivity contribution in [1.29, 1.82) is 0 Å². The minimum atomic E-state index is -0.298. The average molecular weight is 411 g/mol. The van der Waals surface area contributed by atoms with Gasteiger partial charge < -0.3 is 29.4 Å². The van der Waals surface area contributed by atoms with Gasteiger partial charge in [0.15, 0.2) is 5.69 Å². The molecule has 0 unspecified atom stereocenters. The van der Waals surface area contributed by atoms with Gasteiger partial charge in [-0.3, -0.25) is 4.79 Å². The van der Waals surface area contributed by atoms with Gasteiger partial charge in [-0.15, -0.1) is 0 Å². The normalized spacial score (nSPS) is 14.6. The largest absolute Gasteiger partial charge is 0.446 e. The number of carbonyl (C=O) groups is 2. The number of nitrogens with one attached hydrogen (secondary N) is 2. The van der Waals surface area contributed by atoms with Crippen LogP contribution < -0.4 is 10.6 Å². The van der Waals surface area contributed by atoms with Gasteiger partial charge in [-0.2, -0.15) is 0 Å². The molecule has 1 aliphatic carbocycles. The lowest BCUT2D eigenvalue weighted by Crippen LogP contribution is -2.45. The van der Waals surface area contributed by atoms with Crippen molar-refractivity contribution in [3.8, 4) is 0 Å². The quantitative estimate of drug-likeness (QED) is 0.512. The summed E-state index contributed by atoms with van der Waals surface area (Å²) in [6.45, 7) is 2.37. The van der Waals surface area contributed by atoms with E-state index in [0.29, 0.717) is 38.6 Å². The number of hydrogen-bond acceptors (Lipinski definition) is 6. The van der Waals surface area contributed by atoms with E-state index in [2.05, 4.69) is 15.6 Å². The maximum absolute atomic E-state index is 12.8. The highest BCUT2D eigenvalue weighted by Crippen LogP contribution is 2.18. The molecule has 29 heavy (non-hydrogen) atoms. The average Bonchev–Trinajstić information content (AvgIpc) is 3.20. The van der Waals surface area contributed by atoms with E-state index in [9.17, 15) is 9.59 Å². The number of hydrogen-bond donors (Lipinski definition) is 2. The zero-order chi connectivity index (χ0) is 20.9. The number of methoxy groups -OCH3 is 2. The molecule has 164 valence electrons. The molecule has 1 aromatic rings. The van der Waals surface area contributed by atoms with Gasteiger partial charge in [-0.05, 0) is 25.7 Å². The Morgan fingerprint density at radius 1 is 1.17 bits per heavy atom. The molecular formula is C20H34N4O5. The van der Waals surface area contributed by atoms with Crippen LogP contribution in [0.25, 0.3) is 0 Å². The van der Waals surface area contributed by atoms with Gasteiger partial charge in [-0.1, -0.05) is 19.3 Å². The third-order valence-electron chi connectivity index (χ3n) is 4.92. The predicted octanol–water partition coefficient (Wildman–Crippen LogP) is 2.32. The molecular weight excluding hydrogens is 376 g/mol. The molecule has 0 atom stereocenters. The fourth-order valence-electron chi connectivity index (χ4n) is 3.33. The molecule has 9 heteroatoms. The molecule has 9 nitrogen and oxygen atoms in total. The van der Waals surface area contributed by atoms with Gasteiger partial charge in [0.05, 0.1) is 6.54 Å². The number of aromatic nitrogens is 1. The van der Waals surface area contributed by atoms with Crippen LogP contribution in [0.1, 0.15) is 61.3 Å². The lowest BCUT2D eigenvalue weighted by Gasteiger charge is -2.27. The van der Waals surface area contributed by atoms with Crippen molar-refractivity contribution in [2.75, 3.05) is 40.5 Å². The van der Waals surface area contributed by atoms with E-state index in [1.807, 2.05) is 0 Å². The Balaban J connectivity index is 1.90. The molecule has 1 fully saturated rings. The fraction of sp³-hybridized carbons (Fsp3) is 0.750. The van der Waals surface area contributed by atoms with Gasteiger partial charge >= 0.3 is 6.03 Å². The number of carbonyl (C=O) groups excluding carboxylic acids is 2. The van der Waals surface area contributed by atoms with Crippen molar-refractivity contribution < 1.29 is 23.5 Å². The van der Waals surface area contributed by atoms with Gasteiger partial charge in [0.1, 0.15) is 6.26 Å². The maximum atomic E-state index is 12.8. The first-order chi connectivity index (χ1) is 14.1. The number of amides is 3. The molecule has 0 bridgehead atoms. The molecule has 0 aromatic carbocycles. The van der Waals surface area contributed by atoms with E-state index in [1.165, 1.54) is 12.7 Å². The van der Waals surface area contributed by atoms with Gasteiger partial charge in [0.25, 0.3) is 5.91 Å². The zero-order valence-electron chi connectivity index (χ0n) is 17.6. The smallest absolute Gasteiger partial charge is 0.318 e. The molecule has 0 saturated heterocycles. The molecule has 1 heterocycles. The van der Waals surface area contributed by atoms with E-state index in [1.54, 1.807) is 19.1 Å². The van der Waals surface area contributed by atoms with Gasteiger partial charge in [0.2, 0.25) is 5.89 Å². The molecule has 0 radical (unpaired) electrons. The maximum Gasteiger partial charge on any atom is 0.318 e. The van der Waals surface area contributed by atoms with Crippen molar-refractivity contribution in [3.05, 3.63) is 17.8 Å². The molecule has 2 rings (SSSR count). The van der Waals surface area contributed by atoms with E-state index in [4.69, 9.17) is 13.9 Å². The lowest BCUT2D eigenvalue weighted by molar-refractivity contribution is 0.0943. The van der Waals surface area contributed by atoms with E-state index in [-0.39, 0.29) is 30.2 Å². The number of rotatable bonds is 12. The Bertz CT molecular complexity index is 616. The zero-order valence-corrected chi connectivity index (χ0v) is 17.6. The number of ether oxygens (including phenoxy) is 2. The predicted molar refractivity (Wildman–Crippen MR) is 108 cm³/mol. The molecule has 0 aliphatic heterocycles. The van der Waals surface area contributed by atoms with Crippen LogP contribution in [-0.4, -0.2) is 68.4 Å². The summed E-state index contributed by atoms with van der Waals surface area (Å²) in [5.41, 5.74) is 0.210. The lowest BCUT2D eigenvalue weighted by atomic mass is 9.96. The Morgan fingerprint density at radius 3 is 2.62 bits per heavy atom. The monoisotopic (exact) mass is 410 g/mol. The first-order valence-corrected chi connectivity index (χ1v) is 10.4. The van der Waals surface area contributed by atoms with E-state index < -0.39 is 0 Å². The van der Waals surface area contributed by atoms with E-state index in [0.717, 1.165) is 32.1 Å². The van der Waals surface area contributed by atoms with Gasteiger partial charge in [-0.25, -0.2) is 9.78 Å². The van der Waals surface area contributed by atoms with Crippen LogP contribution in [0, 0.1) is 0 Å². The number of urea groups is 1. The molecule has 1 saturated carbocycles. The van der Waals surface area contributed by atoms with Crippen LogP contribution in [0.4, 0.5) is 4.79 Å². The summed E-state index contributed by atoms with van der Waals surface area (Å²) >= 11 is 0. The summed E-state index contributed by atoms with van der Waals surface area (Å²) in [4.78, 5) is 30.8. The van der Waals surface area contributed by atoms with Crippen molar-refractivity contribution in [1.82, 2.24) is 20.5 Å². The highest BCUT2D eigenvalue weighted by atomic mass is 16.5. The number of oxazole rings is 1. The molecule has 3 amide bonds. The Hall–Kier alpha value is -2.13. The highest BCUT2D eigenvalue weighted by molar-refractivity contribution is 5.91. The topological polar surface area (TPSA) is 106 Å². The second-order valence-corrected chi connectivity index (χ2v) is 7.28. The number of nitrogens with zero attached hydrogens (tertiary/aromatic N) is 2. The Morgan fingerprint density at radius 2 is 1.90 bits per heavy atom. The summed E-state index contributed by atoms with van der Waals surface area (Å²) in [6, 6.07) is 0.0935. The van der Waals surface area contributed by atoms with Crippen molar-refractivity contribution in [2.45, 2.75) is 57.5 Å². The summed E-state index contributed by atoms with van der Waals surface area (Å²) in [7, 11) is 3.26. The third-order valence-corrected chi connectivity index (χ3v) is 4.92. The minimum Gasteiger partial charge on any atom is -0.446 e. The molecule has 0 spiro atoms. The van der Waals surface area contributed by atoms with Gasteiger partial charge in [0, 0.05) is 46.6 Å². The third kappa shape index (κ3) is 8.41. The summed E-state index contributed by atoms with van der Waals surface area (Å²) in [5, 5.41) is 5.89. The summed E-state index contributed by atoms with van der Waals surface area (Å²) < 4.78 is 15.5. The summed E-state index contributed by atoms with van der Waals surface area (Å²) in [6.07, 6.45) is 8.33. The molecule has 1 aliphatic rings. The molecule has 1 aromatic heterocycles. The highest BCUT2D eigenvalue weighted by Gasteiger charge is 2.22. The first-order valence-electron chi connectivity index (χ1n) is 10.4. The van der Waals surface area contributed by atoms with Crippen LogP contribution in [-0.2, 0) is 16.0 Å². The Labute approximate surface area is 172 Å². The van der Waals surface area contributed by atoms with Crippen molar-refractivity contribution in [2.24, 2.45) is 0 Å². The van der Waals surface area contributed by atoms with Crippen LogP contribution in [0.15, 0.2) is 10.7 Å². The van der Waals surface area contributed by atoms with E-state index >= 15 is 0 Å². The van der Waals surface area contributed by atoms with Crippen molar-refractivity contribution >= 4 is 11.9 Å². The van der Waals surface area contributed by atoms with Crippen molar-refractivity contribution in [3.63, 3.8) is 0 Å². The van der Waals surface area contributed by atoms with Crippen LogP contribution in [0.5, 0.6) is 0 Å². The fourth-order valence-corrected chi connectivity index (χ4v) is 3.33. The van der Waals surface area contributed by atoms with Crippen LogP contribution in [0.2, 0.25) is 0 Å². The van der Waals surface area contributed by atoms with Crippen LogP contribution >= 0.6 is 0 Å². The second kappa shape index (κ2) is 13.2. The first kappa shape index (κ1) is 23.2. The minimum absolute atomic E-state index is 0.128.